The van der Waals surface area contributed by atoms with Crippen LogP contribution in [0.2, 0.25) is 0 Å². The summed E-state index contributed by atoms with van der Waals surface area (Å²) in [6.45, 7) is 0. The van der Waals surface area contributed by atoms with E-state index in [0.717, 1.165) is 35.0 Å². The lowest BCUT2D eigenvalue weighted by molar-refractivity contribution is -0.0492. The third kappa shape index (κ3) is 3.45. The molecule has 2 aromatic rings. The zero-order valence-electron chi connectivity index (χ0n) is 17.0. The van der Waals surface area contributed by atoms with Gasteiger partial charge in [0.1, 0.15) is 11.5 Å². The summed E-state index contributed by atoms with van der Waals surface area (Å²) in [5, 5.41) is 11.8. The minimum Gasteiger partial charge on any atom is -0.497 e. The lowest BCUT2D eigenvalue weighted by Crippen LogP contribution is -2.52. The van der Waals surface area contributed by atoms with Crippen LogP contribution in [0.25, 0.3) is 0 Å². The highest BCUT2D eigenvalue weighted by molar-refractivity contribution is 7.80. The number of methoxy groups -OCH3 is 2. The van der Waals surface area contributed by atoms with Crippen LogP contribution in [0.15, 0.2) is 30.5 Å². The van der Waals surface area contributed by atoms with Crippen molar-refractivity contribution >= 4 is 28.8 Å². The molecule has 29 heavy (non-hydrogen) atoms. The van der Waals surface area contributed by atoms with E-state index < -0.39 is 0 Å². The fourth-order valence-electron chi connectivity index (χ4n) is 6.17. The van der Waals surface area contributed by atoms with Gasteiger partial charge >= 0.3 is 0 Å². The summed E-state index contributed by atoms with van der Waals surface area (Å²) < 4.78 is 12.9. The maximum atomic E-state index is 5.51. The van der Waals surface area contributed by atoms with Gasteiger partial charge in [-0.05, 0) is 80.6 Å². The first-order valence-electron chi connectivity index (χ1n) is 10.4. The highest BCUT2D eigenvalue weighted by atomic mass is 32.1. The third-order valence-corrected chi connectivity index (χ3v) is 7.18. The molecule has 2 N–H and O–H groups in total. The molecule has 1 aromatic carbocycles. The number of anilines is 2. The second kappa shape index (κ2) is 7.20. The Hall–Kier alpha value is -2.28. The Kier molecular flexibility index (Phi) is 4.65. The summed E-state index contributed by atoms with van der Waals surface area (Å²) in [7, 11) is 3.26. The van der Waals surface area contributed by atoms with E-state index >= 15 is 0 Å². The summed E-state index contributed by atoms with van der Waals surface area (Å²) in [6, 6.07) is 7.61. The van der Waals surface area contributed by atoms with Gasteiger partial charge in [0.15, 0.2) is 10.9 Å². The first-order chi connectivity index (χ1) is 14.1. The Bertz CT molecular complexity index is 890. The molecule has 4 fully saturated rings. The molecular formula is C22H28N4O2S. The van der Waals surface area contributed by atoms with Crippen molar-refractivity contribution in [2.45, 2.75) is 44.1 Å². The first-order valence-corrected chi connectivity index (χ1v) is 10.8. The molecule has 4 aliphatic carbocycles. The van der Waals surface area contributed by atoms with Gasteiger partial charge in [-0.15, -0.1) is 0 Å². The van der Waals surface area contributed by atoms with E-state index in [9.17, 15) is 0 Å². The van der Waals surface area contributed by atoms with E-state index in [-0.39, 0.29) is 5.54 Å². The van der Waals surface area contributed by atoms with E-state index in [1.54, 1.807) is 14.2 Å². The molecule has 0 spiro atoms. The number of nitrogens with one attached hydrogen (secondary N) is 2. The summed E-state index contributed by atoms with van der Waals surface area (Å²) in [6.07, 6.45) is 10.3. The van der Waals surface area contributed by atoms with Gasteiger partial charge in [-0.3, -0.25) is 4.68 Å². The van der Waals surface area contributed by atoms with E-state index in [2.05, 4.69) is 21.5 Å². The highest BCUT2D eigenvalue weighted by Crippen LogP contribution is 2.58. The number of benzene rings is 1. The van der Waals surface area contributed by atoms with Gasteiger partial charge < -0.3 is 20.1 Å². The van der Waals surface area contributed by atoms with Crippen LogP contribution >= 0.6 is 12.2 Å². The molecule has 0 atom stereocenters. The van der Waals surface area contributed by atoms with E-state index in [0.29, 0.717) is 10.9 Å². The van der Waals surface area contributed by atoms with E-state index in [1.807, 2.05) is 24.3 Å². The molecule has 1 heterocycles. The number of rotatable bonds is 5. The minimum atomic E-state index is 0.225. The van der Waals surface area contributed by atoms with Gasteiger partial charge in [-0.25, -0.2) is 0 Å². The largest absolute Gasteiger partial charge is 0.497 e. The zero-order chi connectivity index (χ0) is 20.0. The fraction of sp³-hybridized carbons (Fsp3) is 0.545. The van der Waals surface area contributed by atoms with Crippen LogP contribution < -0.4 is 20.1 Å². The lowest BCUT2D eigenvalue weighted by Gasteiger charge is -2.56. The molecule has 4 aliphatic rings. The smallest absolute Gasteiger partial charge is 0.176 e. The standard InChI is InChI=1S/C22H28N4O2S/c1-27-17-3-4-18(19(10-17)28-2)23-21(29)24-20-5-6-26(25-20)22-11-14-7-15(12-22)9-16(8-14)13-22/h3-6,10,14-16H,7-9,11-13H2,1-2H3,(H2,23,24,25,29). The number of hydrogen-bond donors (Lipinski definition) is 2. The summed E-state index contributed by atoms with van der Waals surface area (Å²) in [4.78, 5) is 0. The second-order valence-corrected chi connectivity index (χ2v) is 9.34. The molecule has 0 saturated heterocycles. The summed E-state index contributed by atoms with van der Waals surface area (Å²) >= 11 is 5.51. The summed E-state index contributed by atoms with van der Waals surface area (Å²) in [5.41, 5.74) is 1.01. The van der Waals surface area contributed by atoms with Crippen molar-refractivity contribution < 1.29 is 9.47 Å². The van der Waals surface area contributed by atoms with Gasteiger partial charge in [-0.1, -0.05) is 0 Å². The molecule has 0 unspecified atom stereocenters. The van der Waals surface area contributed by atoms with Crippen molar-refractivity contribution in [3.63, 3.8) is 0 Å². The highest BCUT2D eigenvalue weighted by Gasteiger charge is 2.52. The average molecular weight is 413 g/mol. The van der Waals surface area contributed by atoms with Crippen molar-refractivity contribution in [1.29, 1.82) is 0 Å². The Morgan fingerprint density at radius 2 is 1.72 bits per heavy atom. The maximum absolute atomic E-state index is 5.51. The van der Waals surface area contributed by atoms with E-state index in [4.69, 9.17) is 26.8 Å². The molecule has 7 heteroatoms. The molecule has 4 saturated carbocycles. The monoisotopic (exact) mass is 412 g/mol. The maximum Gasteiger partial charge on any atom is 0.176 e. The Morgan fingerprint density at radius 3 is 2.34 bits per heavy atom. The molecule has 6 rings (SSSR count). The van der Waals surface area contributed by atoms with Crippen LogP contribution in [0, 0.1) is 17.8 Å². The van der Waals surface area contributed by atoms with Gasteiger partial charge in [0.25, 0.3) is 0 Å². The zero-order valence-corrected chi connectivity index (χ0v) is 17.8. The SMILES string of the molecule is COc1ccc(NC(=S)Nc2ccn(C34CC5CC(CC(C5)C3)C4)n2)c(OC)c1. The Balaban J connectivity index is 1.28. The average Bonchev–Trinajstić information content (AvgIpc) is 3.16. The van der Waals surface area contributed by atoms with Gasteiger partial charge in [0, 0.05) is 18.3 Å². The van der Waals surface area contributed by atoms with Crippen molar-refractivity contribution in [2.24, 2.45) is 17.8 Å². The Labute approximate surface area is 177 Å². The molecule has 154 valence electrons. The van der Waals surface area contributed by atoms with Crippen LogP contribution in [0.1, 0.15) is 38.5 Å². The molecule has 1 aromatic heterocycles. The van der Waals surface area contributed by atoms with Crippen LogP contribution in [0.3, 0.4) is 0 Å². The van der Waals surface area contributed by atoms with Gasteiger partial charge in [0.05, 0.1) is 25.4 Å². The first kappa shape index (κ1) is 18.7. The normalized spacial score (nSPS) is 29.5. The topological polar surface area (TPSA) is 60.3 Å². The van der Waals surface area contributed by atoms with Crippen molar-refractivity contribution in [2.75, 3.05) is 24.9 Å². The van der Waals surface area contributed by atoms with Crippen LogP contribution in [-0.2, 0) is 5.54 Å². The summed E-state index contributed by atoms with van der Waals surface area (Å²) in [5.74, 6) is 4.88. The second-order valence-electron chi connectivity index (χ2n) is 8.93. The number of nitrogens with zero attached hydrogens (tertiary/aromatic N) is 2. The van der Waals surface area contributed by atoms with Crippen molar-refractivity contribution in [3.8, 4) is 11.5 Å². The van der Waals surface area contributed by atoms with Crippen molar-refractivity contribution in [1.82, 2.24) is 9.78 Å². The van der Waals surface area contributed by atoms with Crippen LogP contribution in [-0.4, -0.2) is 29.1 Å². The van der Waals surface area contributed by atoms with Gasteiger partial charge in [-0.2, -0.15) is 5.10 Å². The van der Waals surface area contributed by atoms with Gasteiger partial charge in [0.2, 0.25) is 0 Å². The molecule has 0 amide bonds. The lowest BCUT2D eigenvalue weighted by atomic mass is 9.53. The number of thiocarbonyl (C=S) groups is 1. The molecule has 4 bridgehead atoms. The Morgan fingerprint density at radius 1 is 1.03 bits per heavy atom. The predicted molar refractivity (Wildman–Crippen MR) is 118 cm³/mol. The van der Waals surface area contributed by atoms with Crippen LogP contribution in [0.4, 0.5) is 11.5 Å². The number of hydrogen-bond acceptors (Lipinski definition) is 4. The molecular weight excluding hydrogens is 384 g/mol. The number of aromatic nitrogens is 2. The van der Waals surface area contributed by atoms with E-state index in [1.165, 1.54) is 38.5 Å². The fourth-order valence-corrected chi connectivity index (χ4v) is 6.39. The minimum absolute atomic E-state index is 0.225. The third-order valence-electron chi connectivity index (χ3n) is 6.98. The quantitative estimate of drug-likeness (QED) is 0.698. The number of ether oxygens (including phenoxy) is 2. The molecule has 0 aliphatic heterocycles. The van der Waals surface area contributed by atoms with Crippen LogP contribution in [0.5, 0.6) is 11.5 Å². The molecule has 6 nitrogen and oxygen atoms in total. The molecule has 0 radical (unpaired) electrons. The predicted octanol–water partition coefficient (Wildman–Crippen LogP) is 4.63. The van der Waals surface area contributed by atoms with Crippen molar-refractivity contribution in [3.05, 3.63) is 30.5 Å².